The van der Waals surface area contributed by atoms with E-state index in [-0.39, 0.29) is 5.91 Å². The summed E-state index contributed by atoms with van der Waals surface area (Å²) >= 11 is 2.74. The van der Waals surface area contributed by atoms with Crippen LogP contribution in [0.5, 0.6) is 0 Å². The van der Waals surface area contributed by atoms with Crippen molar-refractivity contribution >= 4 is 49.6 Å². The molecule has 0 atom stereocenters. The molecule has 7 heteroatoms. The lowest BCUT2D eigenvalue weighted by molar-refractivity contribution is 0.0994. The summed E-state index contributed by atoms with van der Waals surface area (Å²) < 4.78 is 0. The number of nitrogens with two attached hydrogens (primary N) is 1. The zero-order chi connectivity index (χ0) is 17.4. The van der Waals surface area contributed by atoms with Crippen molar-refractivity contribution in [1.29, 1.82) is 0 Å². The molecule has 0 radical (unpaired) electrons. The van der Waals surface area contributed by atoms with Crippen molar-refractivity contribution in [3.05, 3.63) is 45.9 Å². The molecule has 3 aromatic rings. The van der Waals surface area contributed by atoms with E-state index < -0.39 is 0 Å². The molecule has 0 saturated carbocycles. The fraction of sp³-hybridized carbons (Fsp3) is 0.235. The Bertz CT molecular complexity index is 928. The van der Waals surface area contributed by atoms with E-state index in [9.17, 15) is 4.79 Å². The van der Waals surface area contributed by atoms with Gasteiger partial charge < -0.3 is 5.73 Å². The van der Waals surface area contributed by atoms with Crippen molar-refractivity contribution in [2.24, 2.45) is 0 Å². The Morgan fingerprint density at radius 1 is 1.38 bits per heavy atom. The average Bonchev–Trinajstić information content (AvgIpc) is 3.18. The van der Waals surface area contributed by atoms with E-state index >= 15 is 0 Å². The first kappa shape index (κ1) is 16.6. The van der Waals surface area contributed by atoms with Gasteiger partial charge in [0, 0.05) is 29.2 Å². The summed E-state index contributed by atoms with van der Waals surface area (Å²) in [5.74, 6) is -0.167. The number of aromatic nitrogens is 2. The number of amides is 1. The molecule has 5 nitrogen and oxygen atoms in total. The molecule has 0 aromatic carbocycles. The van der Waals surface area contributed by atoms with E-state index in [4.69, 9.17) is 5.73 Å². The van der Waals surface area contributed by atoms with E-state index in [0.29, 0.717) is 22.2 Å². The summed E-state index contributed by atoms with van der Waals surface area (Å²) in [4.78, 5) is 24.8. The Morgan fingerprint density at radius 2 is 2.12 bits per heavy atom. The Morgan fingerprint density at radius 3 is 2.75 bits per heavy atom. The summed E-state index contributed by atoms with van der Waals surface area (Å²) in [6, 6.07) is 0. The maximum Gasteiger partial charge on any atom is 0.272 e. The fourth-order valence-corrected chi connectivity index (χ4v) is 4.38. The maximum absolute atomic E-state index is 13.1. The standard InChI is InChI=1S/C17H18N4OS2/c1-5-7-21(17-19-6-8-23-17)16(22)14-13(18)12-10(3)9(2)11(4)20-15(12)24-14/h5-6,8H,1,7,18H2,2-4H3. The molecule has 0 saturated heterocycles. The van der Waals surface area contributed by atoms with Crippen LogP contribution < -0.4 is 10.6 Å². The predicted molar refractivity (Wildman–Crippen MR) is 102 cm³/mol. The van der Waals surface area contributed by atoms with Gasteiger partial charge in [-0.2, -0.15) is 0 Å². The first-order chi connectivity index (χ1) is 11.5. The van der Waals surface area contributed by atoms with Crippen molar-refractivity contribution < 1.29 is 4.79 Å². The van der Waals surface area contributed by atoms with Crippen molar-refractivity contribution in [2.45, 2.75) is 20.8 Å². The number of fused-ring (bicyclic) bond motifs is 1. The van der Waals surface area contributed by atoms with Gasteiger partial charge in [-0.1, -0.05) is 6.08 Å². The molecule has 124 valence electrons. The van der Waals surface area contributed by atoms with Gasteiger partial charge >= 0.3 is 0 Å². The Kier molecular flexibility index (Phi) is 4.38. The number of nitrogens with zero attached hydrogens (tertiary/aromatic N) is 3. The van der Waals surface area contributed by atoms with Crippen molar-refractivity contribution in [2.75, 3.05) is 17.2 Å². The minimum absolute atomic E-state index is 0.167. The Balaban J connectivity index is 2.15. The molecule has 0 aliphatic heterocycles. The second-order valence-corrected chi connectivity index (χ2v) is 7.36. The highest BCUT2D eigenvalue weighted by Gasteiger charge is 2.25. The molecule has 3 heterocycles. The number of aryl methyl sites for hydroxylation is 2. The normalized spacial score (nSPS) is 11.0. The summed E-state index contributed by atoms with van der Waals surface area (Å²) in [5.41, 5.74) is 9.97. The SMILES string of the molecule is C=CCN(C(=O)c1sc2nc(C)c(C)c(C)c2c1N)c1nccs1. The largest absolute Gasteiger partial charge is 0.397 e. The fourth-order valence-electron chi connectivity index (χ4n) is 2.58. The smallest absolute Gasteiger partial charge is 0.272 e. The van der Waals surface area contributed by atoms with Gasteiger partial charge in [-0.05, 0) is 31.9 Å². The molecular weight excluding hydrogens is 340 g/mol. The molecule has 3 aromatic heterocycles. The zero-order valence-electron chi connectivity index (χ0n) is 13.8. The van der Waals surface area contributed by atoms with Crippen LogP contribution in [0.15, 0.2) is 24.2 Å². The third kappa shape index (κ3) is 2.59. The predicted octanol–water partition coefficient (Wildman–Crippen LogP) is 4.09. The monoisotopic (exact) mass is 358 g/mol. The number of thiophene rings is 1. The van der Waals surface area contributed by atoms with E-state index in [1.807, 2.05) is 26.2 Å². The molecule has 0 spiro atoms. The van der Waals surface area contributed by atoms with Crippen LogP contribution in [-0.2, 0) is 0 Å². The van der Waals surface area contributed by atoms with E-state index in [1.54, 1.807) is 17.2 Å². The van der Waals surface area contributed by atoms with Gasteiger partial charge in [0.1, 0.15) is 9.71 Å². The minimum atomic E-state index is -0.167. The van der Waals surface area contributed by atoms with E-state index in [1.165, 1.54) is 22.7 Å². The summed E-state index contributed by atoms with van der Waals surface area (Å²) in [6.07, 6.45) is 3.36. The molecule has 3 rings (SSSR count). The highest BCUT2D eigenvalue weighted by molar-refractivity contribution is 7.21. The van der Waals surface area contributed by atoms with Gasteiger partial charge in [0.15, 0.2) is 5.13 Å². The van der Waals surface area contributed by atoms with Crippen LogP contribution in [0, 0.1) is 20.8 Å². The van der Waals surface area contributed by atoms with Crippen LogP contribution >= 0.6 is 22.7 Å². The van der Waals surface area contributed by atoms with Crippen LogP contribution in [0.3, 0.4) is 0 Å². The number of thiazole rings is 1. The minimum Gasteiger partial charge on any atom is -0.397 e. The zero-order valence-corrected chi connectivity index (χ0v) is 15.4. The van der Waals surface area contributed by atoms with Crippen molar-refractivity contribution in [3.8, 4) is 0 Å². The van der Waals surface area contributed by atoms with Gasteiger partial charge in [-0.3, -0.25) is 9.69 Å². The molecule has 2 N–H and O–H groups in total. The van der Waals surface area contributed by atoms with Crippen molar-refractivity contribution in [1.82, 2.24) is 9.97 Å². The quantitative estimate of drug-likeness (QED) is 0.713. The number of carbonyl (C=O) groups is 1. The number of hydrogen-bond acceptors (Lipinski definition) is 6. The summed E-state index contributed by atoms with van der Waals surface area (Å²) in [5, 5.41) is 3.35. The van der Waals surface area contributed by atoms with Crippen LogP contribution in [0.25, 0.3) is 10.2 Å². The first-order valence-electron chi connectivity index (χ1n) is 7.43. The van der Waals surface area contributed by atoms with E-state index in [0.717, 1.165) is 27.0 Å². The molecule has 0 aliphatic rings. The number of hydrogen-bond donors (Lipinski definition) is 1. The molecule has 24 heavy (non-hydrogen) atoms. The highest BCUT2D eigenvalue weighted by Crippen LogP contribution is 2.37. The summed E-state index contributed by atoms with van der Waals surface area (Å²) in [6.45, 7) is 10.1. The number of nitrogen functional groups attached to an aromatic ring is 1. The van der Waals surface area contributed by atoms with Crippen LogP contribution in [0.4, 0.5) is 10.8 Å². The van der Waals surface area contributed by atoms with Gasteiger partial charge in [-0.15, -0.1) is 29.3 Å². The second kappa shape index (κ2) is 6.33. The molecule has 0 aliphatic carbocycles. The van der Waals surface area contributed by atoms with E-state index in [2.05, 4.69) is 16.5 Å². The van der Waals surface area contributed by atoms with Crippen LogP contribution in [0.2, 0.25) is 0 Å². The Labute approximate surface area is 148 Å². The highest BCUT2D eigenvalue weighted by atomic mass is 32.1. The van der Waals surface area contributed by atoms with Crippen molar-refractivity contribution in [3.63, 3.8) is 0 Å². The molecule has 0 fully saturated rings. The maximum atomic E-state index is 13.1. The lowest BCUT2D eigenvalue weighted by Crippen LogP contribution is -2.30. The van der Waals surface area contributed by atoms with Gasteiger partial charge in [0.2, 0.25) is 0 Å². The summed E-state index contributed by atoms with van der Waals surface area (Å²) in [7, 11) is 0. The second-order valence-electron chi connectivity index (χ2n) is 5.49. The van der Waals surface area contributed by atoms with Crippen LogP contribution in [-0.4, -0.2) is 22.4 Å². The third-order valence-electron chi connectivity index (χ3n) is 4.08. The first-order valence-corrected chi connectivity index (χ1v) is 9.13. The van der Waals surface area contributed by atoms with Gasteiger partial charge in [0.25, 0.3) is 5.91 Å². The third-order valence-corrected chi connectivity index (χ3v) is 5.96. The number of pyridine rings is 1. The molecular formula is C17H18N4OS2. The molecule has 0 bridgehead atoms. The molecule has 0 unspecified atom stereocenters. The van der Waals surface area contributed by atoms with Gasteiger partial charge in [0.05, 0.1) is 5.69 Å². The topological polar surface area (TPSA) is 72.1 Å². The molecule has 1 amide bonds. The lowest BCUT2D eigenvalue weighted by Gasteiger charge is -2.17. The Hall–Kier alpha value is -2.25. The average molecular weight is 358 g/mol. The van der Waals surface area contributed by atoms with Gasteiger partial charge in [-0.25, -0.2) is 9.97 Å². The number of carbonyl (C=O) groups excluding carboxylic acids is 1. The lowest BCUT2D eigenvalue weighted by atomic mass is 10.1. The number of anilines is 2. The number of rotatable bonds is 4. The van der Waals surface area contributed by atoms with Crippen LogP contribution in [0.1, 0.15) is 26.5 Å².